The zero-order valence-corrected chi connectivity index (χ0v) is 14.7. The Hall–Kier alpha value is -2.67. The van der Waals surface area contributed by atoms with E-state index in [4.69, 9.17) is 0 Å². The van der Waals surface area contributed by atoms with Crippen molar-refractivity contribution >= 4 is 29.1 Å². The van der Waals surface area contributed by atoms with Gasteiger partial charge in [-0.1, -0.05) is 36.4 Å². The largest absolute Gasteiger partial charge is 0.481 e. The molecule has 0 spiro atoms. The summed E-state index contributed by atoms with van der Waals surface area (Å²) in [7, 11) is 1.54. The van der Waals surface area contributed by atoms with Gasteiger partial charge in [0.25, 0.3) is 5.91 Å². The van der Waals surface area contributed by atoms with E-state index in [2.05, 4.69) is 5.32 Å². The topological polar surface area (TPSA) is 86.7 Å². The second kappa shape index (κ2) is 8.98. The third-order valence-corrected chi connectivity index (χ3v) is 4.54. The fraction of sp³-hybridized carbons (Fsp3) is 0.278. The number of carboxylic acid groups (broad SMARTS) is 1. The number of benzene rings is 1. The molecule has 1 atom stereocenters. The van der Waals surface area contributed by atoms with Crippen molar-refractivity contribution in [3.8, 4) is 0 Å². The lowest BCUT2D eigenvalue weighted by atomic mass is 9.99. The van der Waals surface area contributed by atoms with Crippen LogP contribution >= 0.6 is 11.3 Å². The van der Waals surface area contributed by atoms with E-state index in [9.17, 15) is 19.5 Å². The molecule has 7 heteroatoms. The Morgan fingerprint density at radius 3 is 2.48 bits per heavy atom. The predicted molar refractivity (Wildman–Crippen MR) is 95.6 cm³/mol. The van der Waals surface area contributed by atoms with Crippen LogP contribution in [0, 0.1) is 5.92 Å². The summed E-state index contributed by atoms with van der Waals surface area (Å²) in [4.78, 5) is 37.4. The fourth-order valence-electron chi connectivity index (χ4n) is 2.31. The Morgan fingerprint density at radius 2 is 1.88 bits per heavy atom. The van der Waals surface area contributed by atoms with E-state index in [1.54, 1.807) is 24.6 Å². The Kier molecular flexibility index (Phi) is 6.71. The van der Waals surface area contributed by atoms with Crippen LogP contribution in [0.2, 0.25) is 0 Å². The minimum Gasteiger partial charge on any atom is -0.481 e. The van der Waals surface area contributed by atoms with Crippen molar-refractivity contribution in [2.24, 2.45) is 5.92 Å². The lowest BCUT2D eigenvalue weighted by Gasteiger charge is -2.18. The van der Waals surface area contributed by atoms with E-state index in [0.29, 0.717) is 11.3 Å². The number of carbonyl (C=O) groups excluding carboxylic acids is 2. The van der Waals surface area contributed by atoms with Gasteiger partial charge < -0.3 is 15.3 Å². The van der Waals surface area contributed by atoms with Gasteiger partial charge in [-0.3, -0.25) is 14.4 Å². The van der Waals surface area contributed by atoms with Crippen molar-refractivity contribution in [3.05, 3.63) is 58.3 Å². The number of hydrogen-bond donors (Lipinski definition) is 2. The molecule has 2 amide bonds. The maximum absolute atomic E-state index is 12.1. The highest BCUT2D eigenvalue weighted by atomic mass is 32.1. The van der Waals surface area contributed by atoms with Crippen molar-refractivity contribution in [3.63, 3.8) is 0 Å². The van der Waals surface area contributed by atoms with Crippen molar-refractivity contribution in [1.29, 1.82) is 0 Å². The summed E-state index contributed by atoms with van der Waals surface area (Å²) in [5.74, 6) is -2.30. The predicted octanol–water partition coefficient (Wildman–Crippen LogP) is 1.88. The number of rotatable bonds is 8. The first-order valence-corrected chi connectivity index (χ1v) is 8.67. The monoisotopic (exact) mass is 360 g/mol. The molecule has 6 nitrogen and oxygen atoms in total. The average molecular weight is 360 g/mol. The van der Waals surface area contributed by atoms with E-state index >= 15 is 0 Å². The number of hydrogen-bond acceptors (Lipinski definition) is 4. The lowest BCUT2D eigenvalue weighted by Crippen LogP contribution is -2.41. The molecule has 0 aliphatic carbocycles. The molecule has 0 saturated heterocycles. The van der Waals surface area contributed by atoms with Crippen LogP contribution in [0.5, 0.6) is 0 Å². The van der Waals surface area contributed by atoms with Crippen LogP contribution < -0.4 is 5.32 Å². The SMILES string of the molecule is CN(CC(=O)NCC(Cc1ccccc1)C(=O)O)C(=O)c1cccs1. The lowest BCUT2D eigenvalue weighted by molar-refractivity contribution is -0.141. The first-order valence-electron chi connectivity index (χ1n) is 7.79. The quantitative estimate of drug-likeness (QED) is 0.752. The molecule has 1 unspecified atom stereocenters. The van der Waals surface area contributed by atoms with Gasteiger partial charge in [0.15, 0.2) is 0 Å². The zero-order chi connectivity index (χ0) is 18.2. The molecule has 0 bridgehead atoms. The van der Waals surface area contributed by atoms with E-state index in [1.807, 2.05) is 30.3 Å². The molecule has 25 heavy (non-hydrogen) atoms. The molecular formula is C18H20N2O4S. The van der Waals surface area contributed by atoms with E-state index in [1.165, 1.54) is 16.2 Å². The minimum atomic E-state index is -0.966. The van der Waals surface area contributed by atoms with Crippen molar-refractivity contribution in [2.45, 2.75) is 6.42 Å². The summed E-state index contributed by atoms with van der Waals surface area (Å²) < 4.78 is 0. The van der Waals surface area contributed by atoms with Gasteiger partial charge >= 0.3 is 5.97 Å². The van der Waals surface area contributed by atoms with Gasteiger partial charge in [0.1, 0.15) is 0 Å². The molecule has 2 aromatic rings. The minimum absolute atomic E-state index is 0.0179. The van der Waals surface area contributed by atoms with Gasteiger partial charge in [-0.25, -0.2) is 0 Å². The molecule has 1 aromatic heterocycles. The Labute approximate surface area is 150 Å². The molecule has 2 rings (SSSR count). The third kappa shape index (κ3) is 5.72. The fourth-order valence-corrected chi connectivity index (χ4v) is 3.03. The maximum atomic E-state index is 12.1. The molecule has 0 aliphatic rings. The summed E-state index contributed by atoms with van der Waals surface area (Å²) in [6, 6.07) is 12.7. The van der Waals surface area contributed by atoms with E-state index < -0.39 is 11.9 Å². The molecule has 2 N–H and O–H groups in total. The summed E-state index contributed by atoms with van der Waals surface area (Å²) in [6.07, 6.45) is 0.334. The molecule has 0 radical (unpaired) electrons. The average Bonchev–Trinajstić information content (AvgIpc) is 3.13. The Morgan fingerprint density at radius 1 is 1.16 bits per heavy atom. The van der Waals surface area contributed by atoms with Gasteiger partial charge in [-0.05, 0) is 23.4 Å². The highest BCUT2D eigenvalue weighted by molar-refractivity contribution is 7.12. The molecular weight excluding hydrogens is 340 g/mol. The smallest absolute Gasteiger partial charge is 0.308 e. The normalized spacial score (nSPS) is 11.6. The first kappa shape index (κ1) is 18.7. The second-order valence-electron chi connectivity index (χ2n) is 5.67. The van der Waals surface area contributed by atoms with Crippen molar-refractivity contribution < 1.29 is 19.5 Å². The van der Waals surface area contributed by atoms with Crippen LogP contribution in [0.4, 0.5) is 0 Å². The number of carbonyl (C=O) groups is 3. The van der Waals surface area contributed by atoms with Crippen LogP contribution in [0.15, 0.2) is 47.8 Å². The van der Waals surface area contributed by atoms with Crippen LogP contribution in [-0.4, -0.2) is 47.9 Å². The summed E-state index contributed by atoms with van der Waals surface area (Å²) >= 11 is 1.31. The summed E-state index contributed by atoms with van der Waals surface area (Å²) in [5, 5.41) is 13.7. The van der Waals surface area contributed by atoms with Gasteiger partial charge in [0, 0.05) is 13.6 Å². The molecule has 1 aromatic carbocycles. The standard InChI is InChI=1S/C18H20N2O4S/c1-20(17(22)15-8-5-9-25-15)12-16(21)19-11-14(18(23)24)10-13-6-3-2-4-7-13/h2-9,14H,10-12H2,1H3,(H,19,21)(H,23,24). The summed E-state index contributed by atoms with van der Waals surface area (Å²) in [5.41, 5.74) is 0.897. The number of amides is 2. The molecule has 1 heterocycles. The van der Waals surface area contributed by atoms with Crippen LogP contribution in [-0.2, 0) is 16.0 Å². The maximum Gasteiger partial charge on any atom is 0.308 e. The number of likely N-dealkylation sites (N-methyl/N-ethyl adjacent to an activating group) is 1. The number of thiophene rings is 1. The van der Waals surface area contributed by atoms with Crippen molar-refractivity contribution in [1.82, 2.24) is 10.2 Å². The van der Waals surface area contributed by atoms with Crippen LogP contribution in [0.25, 0.3) is 0 Å². The highest BCUT2D eigenvalue weighted by Gasteiger charge is 2.20. The summed E-state index contributed by atoms with van der Waals surface area (Å²) in [6.45, 7) is -0.0987. The van der Waals surface area contributed by atoms with E-state index in [-0.39, 0.29) is 24.9 Å². The first-order chi connectivity index (χ1) is 12.0. The second-order valence-corrected chi connectivity index (χ2v) is 6.62. The van der Waals surface area contributed by atoms with Crippen LogP contribution in [0.3, 0.4) is 0 Å². The highest BCUT2D eigenvalue weighted by Crippen LogP contribution is 2.11. The zero-order valence-electron chi connectivity index (χ0n) is 13.8. The van der Waals surface area contributed by atoms with Gasteiger partial charge in [0.2, 0.25) is 5.91 Å². The van der Waals surface area contributed by atoms with Gasteiger partial charge in [0.05, 0.1) is 17.3 Å². The number of nitrogens with zero attached hydrogens (tertiary/aromatic N) is 1. The molecule has 0 saturated carbocycles. The van der Waals surface area contributed by atoms with E-state index in [0.717, 1.165) is 5.56 Å². The van der Waals surface area contributed by atoms with Crippen molar-refractivity contribution in [2.75, 3.05) is 20.1 Å². The van der Waals surface area contributed by atoms with Gasteiger partial charge in [-0.15, -0.1) is 11.3 Å². The molecule has 0 fully saturated rings. The number of aliphatic carboxylic acids is 1. The Bertz CT molecular complexity index is 716. The molecule has 132 valence electrons. The molecule has 0 aliphatic heterocycles. The Balaban J connectivity index is 1.84. The number of nitrogens with one attached hydrogen (secondary N) is 1. The van der Waals surface area contributed by atoms with Gasteiger partial charge in [-0.2, -0.15) is 0 Å². The van der Waals surface area contributed by atoms with Crippen LogP contribution in [0.1, 0.15) is 15.2 Å². The third-order valence-electron chi connectivity index (χ3n) is 3.68. The number of carboxylic acids is 1.